The molecule has 1 aromatic rings. The third kappa shape index (κ3) is 3.46. The van der Waals surface area contributed by atoms with Crippen molar-refractivity contribution in [2.75, 3.05) is 20.2 Å². The van der Waals surface area contributed by atoms with Crippen LogP contribution in [0.5, 0.6) is 0 Å². The molecule has 0 aliphatic carbocycles. The van der Waals surface area contributed by atoms with Crippen LogP contribution in [-0.2, 0) is 21.2 Å². The lowest BCUT2D eigenvalue weighted by molar-refractivity contribution is 0.0563. The van der Waals surface area contributed by atoms with Crippen LogP contribution in [0.2, 0.25) is 0 Å². The molecule has 2 aliphatic rings. The Morgan fingerprint density at radius 1 is 1.38 bits per heavy atom. The fourth-order valence-electron chi connectivity index (χ4n) is 3.35. The number of nitrogens with one attached hydrogen (secondary N) is 1. The average Bonchev–Trinajstić information content (AvgIpc) is 3.09. The summed E-state index contributed by atoms with van der Waals surface area (Å²) in [5.41, 5.74) is 0. The summed E-state index contributed by atoms with van der Waals surface area (Å²) in [5.74, 6) is -0.442. The highest BCUT2D eigenvalue weighted by Crippen LogP contribution is 2.29. The molecule has 1 N–H and O–H groups in total. The zero-order valence-corrected chi connectivity index (χ0v) is 15.4. The number of furan rings is 1. The van der Waals surface area contributed by atoms with Gasteiger partial charge in [0, 0.05) is 37.7 Å². The van der Waals surface area contributed by atoms with E-state index in [2.05, 4.69) is 10.1 Å². The van der Waals surface area contributed by atoms with Crippen molar-refractivity contribution in [1.29, 1.82) is 0 Å². The maximum Gasteiger partial charge on any atom is 0.373 e. The molecule has 2 aliphatic heterocycles. The molecule has 2 saturated heterocycles. The minimum Gasteiger partial charge on any atom is -0.463 e. The second kappa shape index (κ2) is 7.43. The number of halogens is 1. The van der Waals surface area contributed by atoms with Gasteiger partial charge in [-0.3, -0.25) is 0 Å². The van der Waals surface area contributed by atoms with E-state index in [9.17, 15) is 13.2 Å². The lowest BCUT2D eigenvalue weighted by Crippen LogP contribution is -2.39. The van der Waals surface area contributed by atoms with E-state index in [0.717, 1.165) is 19.3 Å². The Kier molecular flexibility index (Phi) is 5.95. The third-order valence-electron chi connectivity index (χ3n) is 4.58. The number of carbonyl (C=O) groups is 1. The number of aryl methyl sites for hydroxylation is 1. The van der Waals surface area contributed by atoms with Crippen LogP contribution in [0.1, 0.15) is 42.5 Å². The van der Waals surface area contributed by atoms with Crippen LogP contribution in [0.3, 0.4) is 0 Å². The van der Waals surface area contributed by atoms with Crippen molar-refractivity contribution in [3.8, 4) is 0 Å². The molecule has 2 fully saturated rings. The number of sulfonamides is 1. The van der Waals surface area contributed by atoms with E-state index in [0.29, 0.717) is 31.3 Å². The zero-order chi connectivity index (χ0) is 16.6. The predicted octanol–water partition coefficient (Wildman–Crippen LogP) is 1.57. The van der Waals surface area contributed by atoms with Crippen molar-refractivity contribution in [1.82, 2.24) is 9.62 Å². The van der Waals surface area contributed by atoms with Gasteiger partial charge in [0.05, 0.1) is 7.11 Å². The molecule has 0 aromatic carbocycles. The third-order valence-corrected chi connectivity index (χ3v) is 6.49. The number of fused-ring (bicyclic) bond motifs is 2. The molecule has 136 valence electrons. The quantitative estimate of drug-likeness (QED) is 0.800. The standard InChI is InChI=1S/C15H22N2O5S.ClH/c1-3-12-14(8-13(22-12)15(18)21-2)23(19,20)17-7-6-10-4-5-11(9-17)16-10;/h8,10-11,16H,3-7,9H2,1-2H3;1H. The number of hydrogen-bond donors (Lipinski definition) is 1. The molecule has 3 heterocycles. The topological polar surface area (TPSA) is 88.8 Å². The summed E-state index contributed by atoms with van der Waals surface area (Å²) in [6, 6.07) is 1.89. The highest BCUT2D eigenvalue weighted by molar-refractivity contribution is 7.89. The average molecular weight is 379 g/mol. The molecule has 2 atom stereocenters. The van der Waals surface area contributed by atoms with Crippen molar-refractivity contribution < 1.29 is 22.4 Å². The van der Waals surface area contributed by atoms with Crippen LogP contribution in [-0.4, -0.2) is 51.0 Å². The van der Waals surface area contributed by atoms with Gasteiger partial charge in [0.2, 0.25) is 15.8 Å². The number of hydrogen-bond acceptors (Lipinski definition) is 6. The van der Waals surface area contributed by atoms with Gasteiger partial charge >= 0.3 is 5.97 Å². The highest BCUT2D eigenvalue weighted by Gasteiger charge is 2.37. The number of esters is 1. The SMILES string of the molecule is CCc1oc(C(=O)OC)cc1S(=O)(=O)N1CCC2CCC(C1)N2.Cl. The summed E-state index contributed by atoms with van der Waals surface area (Å²) in [7, 11) is -2.44. The first kappa shape index (κ1) is 19.2. The van der Waals surface area contributed by atoms with Crippen LogP contribution in [0.4, 0.5) is 0 Å². The molecule has 2 bridgehead atoms. The van der Waals surface area contributed by atoms with Gasteiger partial charge in [0.25, 0.3) is 0 Å². The van der Waals surface area contributed by atoms with E-state index in [4.69, 9.17) is 4.42 Å². The molecule has 0 radical (unpaired) electrons. The summed E-state index contributed by atoms with van der Waals surface area (Å²) in [4.78, 5) is 11.7. The number of nitrogens with zero attached hydrogens (tertiary/aromatic N) is 1. The molecule has 7 nitrogen and oxygen atoms in total. The van der Waals surface area contributed by atoms with Gasteiger partial charge in [-0.05, 0) is 19.3 Å². The molecule has 0 amide bonds. The first-order chi connectivity index (χ1) is 11.0. The Hall–Kier alpha value is -1.09. The Labute approximate surface area is 148 Å². The van der Waals surface area contributed by atoms with E-state index >= 15 is 0 Å². The van der Waals surface area contributed by atoms with Crippen LogP contribution in [0, 0.1) is 0 Å². The lowest BCUT2D eigenvalue weighted by Gasteiger charge is -2.23. The Bertz CT molecular complexity index is 703. The monoisotopic (exact) mass is 378 g/mol. The summed E-state index contributed by atoms with van der Waals surface area (Å²) in [6.45, 7) is 2.74. The van der Waals surface area contributed by atoms with Crippen molar-refractivity contribution in [2.45, 2.75) is 49.6 Å². The molecular weight excluding hydrogens is 356 g/mol. The predicted molar refractivity (Wildman–Crippen MR) is 90.0 cm³/mol. The Morgan fingerprint density at radius 3 is 2.75 bits per heavy atom. The van der Waals surface area contributed by atoms with Gasteiger partial charge in [0.1, 0.15) is 10.7 Å². The first-order valence-electron chi connectivity index (χ1n) is 7.93. The maximum atomic E-state index is 13.0. The second-order valence-corrected chi connectivity index (χ2v) is 7.94. The fraction of sp³-hybridized carbons (Fsp3) is 0.667. The second-order valence-electron chi connectivity index (χ2n) is 6.03. The van der Waals surface area contributed by atoms with Crippen molar-refractivity contribution in [3.05, 3.63) is 17.6 Å². The number of methoxy groups -OCH3 is 1. The molecule has 3 rings (SSSR count). The van der Waals surface area contributed by atoms with Crippen LogP contribution in [0.15, 0.2) is 15.4 Å². The molecule has 0 saturated carbocycles. The van der Waals surface area contributed by atoms with E-state index in [-0.39, 0.29) is 29.1 Å². The molecule has 1 aromatic heterocycles. The minimum absolute atomic E-state index is 0. The minimum atomic E-state index is -3.68. The summed E-state index contributed by atoms with van der Waals surface area (Å²) < 4.78 is 37.5. The van der Waals surface area contributed by atoms with Gasteiger partial charge in [0.15, 0.2) is 0 Å². The molecule has 0 spiro atoms. The van der Waals surface area contributed by atoms with Gasteiger partial charge in [-0.15, -0.1) is 12.4 Å². The maximum absolute atomic E-state index is 13.0. The number of carbonyl (C=O) groups excluding carboxylic acids is 1. The normalized spacial score (nSPS) is 24.2. The number of ether oxygens (including phenoxy) is 1. The summed E-state index contributed by atoms with van der Waals surface area (Å²) >= 11 is 0. The smallest absolute Gasteiger partial charge is 0.373 e. The molecule has 2 unspecified atom stereocenters. The first-order valence-corrected chi connectivity index (χ1v) is 9.37. The van der Waals surface area contributed by atoms with E-state index < -0.39 is 16.0 Å². The van der Waals surface area contributed by atoms with Crippen LogP contribution in [0.25, 0.3) is 0 Å². The van der Waals surface area contributed by atoms with E-state index in [1.54, 1.807) is 6.92 Å². The van der Waals surface area contributed by atoms with E-state index in [1.807, 2.05) is 0 Å². The largest absolute Gasteiger partial charge is 0.463 e. The van der Waals surface area contributed by atoms with Gasteiger partial charge < -0.3 is 14.5 Å². The van der Waals surface area contributed by atoms with E-state index in [1.165, 1.54) is 17.5 Å². The van der Waals surface area contributed by atoms with Crippen molar-refractivity contribution >= 4 is 28.4 Å². The summed E-state index contributed by atoms with van der Waals surface area (Å²) in [6.07, 6.45) is 3.30. The van der Waals surface area contributed by atoms with Gasteiger partial charge in [-0.25, -0.2) is 13.2 Å². The summed E-state index contributed by atoms with van der Waals surface area (Å²) in [5, 5.41) is 3.46. The Morgan fingerprint density at radius 2 is 2.08 bits per heavy atom. The molecule has 9 heteroatoms. The number of rotatable bonds is 4. The van der Waals surface area contributed by atoms with Gasteiger partial charge in [-0.2, -0.15) is 4.31 Å². The molecular formula is C15H23ClN2O5S. The molecule has 24 heavy (non-hydrogen) atoms. The van der Waals surface area contributed by atoms with Crippen LogP contribution < -0.4 is 5.32 Å². The fourth-order valence-corrected chi connectivity index (χ4v) is 5.08. The Balaban J connectivity index is 0.00000208. The van der Waals surface area contributed by atoms with Crippen LogP contribution >= 0.6 is 12.4 Å². The zero-order valence-electron chi connectivity index (χ0n) is 13.8. The highest BCUT2D eigenvalue weighted by atomic mass is 35.5. The lowest BCUT2D eigenvalue weighted by atomic mass is 10.1. The van der Waals surface area contributed by atoms with Crippen molar-refractivity contribution in [3.63, 3.8) is 0 Å². The van der Waals surface area contributed by atoms with Gasteiger partial charge in [-0.1, -0.05) is 6.92 Å². The van der Waals surface area contributed by atoms with Crippen molar-refractivity contribution in [2.24, 2.45) is 0 Å².